The van der Waals surface area contributed by atoms with Crippen LogP contribution in [0.1, 0.15) is 15.9 Å². The van der Waals surface area contributed by atoms with Crippen molar-refractivity contribution in [3.05, 3.63) is 69.0 Å². The number of nitrogens with zero attached hydrogens (tertiary/aromatic N) is 1. The number of aryl methyl sites for hydroxylation is 1. The molecule has 0 aliphatic rings. The van der Waals surface area contributed by atoms with Crippen molar-refractivity contribution in [3.63, 3.8) is 0 Å². The number of amides is 1. The molecule has 1 heterocycles. The second-order valence-electron chi connectivity index (χ2n) is 4.98. The lowest BCUT2D eigenvalue weighted by Gasteiger charge is -2.04. The number of halogens is 2. The van der Waals surface area contributed by atoms with Gasteiger partial charge in [-0.15, -0.1) is 11.3 Å². The molecular formula is C17H12Cl2N2OS. The Kier molecular flexibility index (Phi) is 4.66. The van der Waals surface area contributed by atoms with E-state index < -0.39 is 0 Å². The van der Waals surface area contributed by atoms with Crippen molar-refractivity contribution in [1.29, 1.82) is 0 Å². The molecule has 0 spiro atoms. The maximum Gasteiger partial charge on any atom is 0.259 e. The first-order valence-corrected chi connectivity index (χ1v) is 8.45. The smallest absolute Gasteiger partial charge is 0.259 e. The second-order valence-corrected chi connectivity index (χ2v) is 6.68. The number of hydrogen-bond acceptors (Lipinski definition) is 3. The number of hydrogen-bond donors (Lipinski definition) is 1. The van der Waals surface area contributed by atoms with Gasteiger partial charge in [-0.1, -0.05) is 53.0 Å². The molecule has 0 saturated carbocycles. The predicted molar refractivity (Wildman–Crippen MR) is 96.7 cm³/mol. The van der Waals surface area contributed by atoms with Crippen LogP contribution in [-0.2, 0) is 0 Å². The summed E-state index contributed by atoms with van der Waals surface area (Å²) in [5.41, 5.74) is 3.34. The first kappa shape index (κ1) is 16.0. The highest BCUT2D eigenvalue weighted by atomic mass is 35.5. The molecule has 3 aromatic rings. The first-order valence-electron chi connectivity index (χ1n) is 6.82. The normalized spacial score (nSPS) is 10.6. The van der Waals surface area contributed by atoms with Gasteiger partial charge in [0.2, 0.25) is 0 Å². The highest BCUT2D eigenvalue weighted by Gasteiger charge is 2.13. The Balaban J connectivity index is 1.80. The summed E-state index contributed by atoms with van der Waals surface area (Å²) in [7, 11) is 0. The lowest BCUT2D eigenvalue weighted by molar-refractivity contribution is 0.102. The number of nitrogens with one attached hydrogen (secondary N) is 1. The van der Waals surface area contributed by atoms with E-state index in [0.717, 1.165) is 11.3 Å². The van der Waals surface area contributed by atoms with E-state index in [1.54, 1.807) is 12.1 Å². The lowest BCUT2D eigenvalue weighted by atomic mass is 10.1. The molecule has 2 aromatic carbocycles. The highest BCUT2D eigenvalue weighted by molar-refractivity contribution is 7.14. The number of benzene rings is 2. The van der Waals surface area contributed by atoms with Crippen LogP contribution in [-0.4, -0.2) is 10.9 Å². The topological polar surface area (TPSA) is 42.0 Å². The molecule has 1 amide bonds. The third-order valence-corrected chi connectivity index (χ3v) is 4.57. The largest absolute Gasteiger partial charge is 0.298 e. The molecule has 0 radical (unpaired) electrons. The summed E-state index contributed by atoms with van der Waals surface area (Å²) in [6.07, 6.45) is 0. The summed E-state index contributed by atoms with van der Waals surface area (Å²) in [4.78, 5) is 16.7. The SMILES string of the molecule is Cc1ccc(-c2csc(NC(=O)c3cc(Cl)ccc3Cl)n2)cc1. The fourth-order valence-electron chi connectivity index (χ4n) is 2.02. The van der Waals surface area contributed by atoms with Gasteiger partial charge in [0.15, 0.2) is 5.13 Å². The monoisotopic (exact) mass is 362 g/mol. The van der Waals surface area contributed by atoms with Crippen molar-refractivity contribution < 1.29 is 4.79 Å². The minimum atomic E-state index is -0.331. The zero-order valence-electron chi connectivity index (χ0n) is 12.1. The van der Waals surface area contributed by atoms with E-state index >= 15 is 0 Å². The Hall–Kier alpha value is -1.88. The van der Waals surface area contributed by atoms with Crippen LogP contribution in [0.15, 0.2) is 47.8 Å². The quantitative estimate of drug-likeness (QED) is 0.651. The van der Waals surface area contributed by atoms with E-state index in [-0.39, 0.29) is 5.91 Å². The summed E-state index contributed by atoms with van der Waals surface area (Å²) in [6, 6.07) is 12.8. The summed E-state index contributed by atoms with van der Waals surface area (Å²) in [5.74, 6) is -0.331. The molecule has 3 nitrogen and oxygen atoms in total. The van der Waals surface area contributed by atoms with E-state index in [9.17, 15) is 4.79 Å². The van der Waals surface area contributed by atoms with Gasteiger partial charge in [-0.05, 0) is 25.1 Å². The molecule has 6 heteroatoms. The molecule has 23 heavy (non-hydrogen) atoms. The Bertz CT molecular complexity index is 859. The molecule has 0 saturated heterocycles. The standard InChI is InChI=1S/C17H12Cl2N2OS/c1-10-2-4-11(5-3-10)15-9-23-17(20-15)21-16(22)13-8-12(18)6-7-14(13)19/h2-9H,1H3,(H,20,21,22). The average molecular weight is 363 g/mol. The van der Waals surface area contributed by atoms with Crippen molar-refractivity contribution in [2.24, 2.45) is 0 Å². The minimum Gasteiger partial charge on any atom is -0.298 e. The van der Waals surface area contributed by atoms with Gasteiger partial charge in [0.05, 0.1) is 16.3 Å². The van der Waals surface area contributed by atoms with Gasteiger partial charge < -0.3 is 0 Å². The number of aromatic nitrogens is 1. The van der Waals surface area contributed by atoms with E-state index in [1.807, 2.05) is 36.6 Å². The second kappa shape index (κ2) is 6.71. The minimum absolute atomic E-state index is 0.325. The number of thiazole rings is 1. The van der Waals surface area contributed by atoms with E-state index in [1.165, 1.54) is 23.0 Å². The van der Waals surface area contributed by atoms with Crippen molar-refractivity contribution in [3.8, 4) is 11.3 Å². The van der Waals surface area contributed by atoms with E-state index in [4.69, 9.17) is 23.2 Å². The fourth-order valence-corrected chi connectivity index (χ4v) is 3.11. The molecular weight excluding hydrogens is 351 g/mol. The molecule has 0 aliphatic heterocycles. The Morgan fingerprint density at radius 2 is 1.87 bits per heavy atom. The molecule has 1 N–H and O–H groups in total. The van der Waals surface area contributed by atoms with Crippen LogP contribution in [0.25, 0.3) is 11.3 Å². The van der Waals surface area contributed by atoms with Crippen molar-refractivity contribution >= 4 is 45.6 Å². The van der Waals surface area contributed by atoms with Crippen LogP contribution in [0.4, 0.5) is 5.13 Å². The zero-order valence-corrected chi connectivity index (χ0v) is 14.5. The summed E-state index contributed by atoms with van der Waals surface area (Å²) >= 11 is 13.3. The van der Waals surface area contributed by atoms with Gasteiger partial charge in [0.1, 0.15) is 0 Å². The third kappa shape index (κ3) is 3.72. The van der Waals surface area contributed by atoms with E-state index in [2.05, 4.69) is 10.3 Å². The Morgan fingerprint density at radius 1 is 1.13 bits per heavy atom. The van der Waals surface area contributed by atoms with Gasteiger partial charge in [-0.3, -0.25) is 10.1 Å². The van der Waals surface area contributed by atoms with Gasteiger partial charge in [0, 0.05) is 16.0 Å². The Morgan fingerprint density at radius 3 is 2.61 bits per heavy atom. The molecule has 1 aromatic heterocycles. The van der Waals surface area contributed by atoms with Crippen LogP contribution in [0.3, 0.4) is 0 Å². The fraction of sp³-hybridized carbons (Fsp3) is 0.0588. The number of rotatable bonds is 3. The van der Waals surface area contributed by atoms with Crippen molar-refractivity contribution in [2.45, 2.75) is 6.92 Å². The molecule has 0 fully saturated rings. The summed E-state index contributed by atoms with van der Waals surface area (Å²) in [5, 5.41) is 5.98. The van der Waals surface area contributed by atoms with Crippen LogP contribution in [0.5, 0.6) is 0 Å². The number of carbonyl (C=O) groups excluding carboxylic acids is 1. The number of anilines is 1. The lowest BCUT2D eigenvalue weighted by Crippen LogP contribution is -2.12. The van der Waals surface area contributed by atoms with Gasteiger partial charge in [0.25, 0.3) is 5.91 Å². The van der Waals surface area contributed by atoms with E-state index in [0.29, 0.717) is 20.7 Å². The molecule has 0 atom stereocenters. The van der Waals surface area contributed by atoms with Gasteiger partial charge in [-0.2, -0.15) is 0 Å². The summed E-state index contributed by atoms with van der Waals surface area (Å²) in [6.45, 7) is 2.03. The molecule has 0 bridgehead atoms. The van der Waals surface area contributed by atoms with Crippen LogP contribution in [0.2, 0.25) is 10.0 Å². The maximum absolute atomic E-state index is 12.3. The maximum atomic E-state index is 12.3. The average Bonchev–Trinajstić information content (AvgIpc) is 2.99. The van der Waals surface area contributed by atoms with Gasteiger partial charge >= 0.3 is 0 Å². The molecule has 116 valence electrons. The summed E-state index contributed by atoms with van der Waals surface area (Å²) < 4.78 is 0. The first-order chi connectivity index (χ1) is 11.0. The molecule has 0 aliphatic carbocycles. The number of carbonyl (C=O) groups is 1. The van der Waals surface area contributed by atoms with Crippen LogP contribution in [0, 0.1) is 6.92 Å². The zero-order chi connectivity index (χ0) is 16.4. The Labute approximate surface area is 147 Å². The third-order valence-electron chi connectivity index (χ3n) is 3.25. The van der Waals surface area contributed by atoms with Crippen molar-refractivity contribution in [2.75, 3.05) is 5.32 Å². The van der Waals surface area contributed by atoms with Crippen molar-refractivity contribution in [1.82, 2.24) is 4.98 Å². The van der Waals surface area contributed by atoms with Crippen LogP contribution >= 0.6 is 34.5 Å². The highest BCUT2D eigenvalue weighted by Crippen LogP contribution is 2.27. The predicted octanol–water partition coefficient (Wildman–Crippen LogP) is 5.68. The molecule has 0 unspecified atom stereocenters. The van der Waals surface area contributed by atoms with Crippen LogP contribution < -0.4 is 5.32 Å². The molecule has 3 rings (SSSR count). The van der Waals surface area contributed by atoms with Gasteiger partial charge in [-0.25, -0.2) is 4.98 Å².